The zero-order valence-electron chi connectivity index (χ0n) is 9.38. The Bertz CT molecular complexity index is 263. The number of hydrogen-bond donors (Lipinski definition) is 2. The van der Waals surface area contributed by atoms with Crippen LogP contribution >= 0.6 is 0 Å². The third-order valence-corrected chi connectivity index (χ3v) is 2.75. The molecule has 5 heteroatoms. The van der Waals surface area contributed by atoms with E-state index in [4.69, 9.17) is 5.73 Å². The van der Waals surface area contributed by atoms with Crippen LogP contribution in [0.1, 0.15) is 26.7 Å². The lowest BCUT2D eigenvalue weighted by Gasteiger charge is -2.41. The zero-order valence-corrected chi connectivity index (χ0v) is 9.38. The molecule has 1 rings (SSSR count). The molecule has 2 amide bonds. The summed E-state index contributed by atoms with van der Waals surface area (Å²) in [5.74, 6) is -0.0739. The average molecular weight is 213 g/mol. The lowest BCUT2D eigenvalue weighted by Crippen LogP contribution is -2.63. The third-order valence-electron chi connectivity index (χ3n) is 2.75. The Balaban J connectivity index is 2.66. The van der Waals surface area contributed by atoms with E-state index in [1.807, 2.05) is 0 Å². The minimum Gasteiger partial charge on any atom is -0.352 e. The third kappa shape index (κ3) is 2.47. The van der Waals surface area contributed by atoms with Gasteiger partial charge in [-0.1, -0.05) is 0 Å². The van der Waals surface area contributed by atoms with Crippen LogP contribution in [0.25, 0.3) is 0 Å². The van der Waals surface area contributed by atoms with Crippen molar-refractivity contribution in [3.05, 3.63) is 0 Å². The van der Waals surface area contributed by atoms with Crippen LogP contribution in [0, 0.1) is 0 Å². The van der Waals surface area contributed by atoms with E-state index in [0.717, 1.165) is 0 Å². The van der Waals surface area contributed by atoms with Crippen molar-refractivity contribution in [2.75, 3.05) is 19.6 Å². The zero-order chi connectivity index (χ0) is 11.5. The van der Waals surface area contributed by atoms with Gasteiger partial charge in [0.15, 0.2) is 0 Å². The Morgan fingerprint density at radius 2 is 2.27 bits per heavy atom. The van der Waals surface area contributed by atoms with Crippen molar-refractivity contribution in [2.45, 2.75) is 32.2 Å². The van der Waals surface area contributed by atoms with Crippen molar-refractivity contribution in [3.8, 4) is 0 Å². The van der Waals surface area contributed by atoms with Crippen molar-refractivity contribution in [1.29, 1.82) is 0 Å². The highest BCUT2D eigenvalue weighted by Gasteiger charge is 2.39. The van der Waals surface area contributed by atoms with Crippen LogP contribution in [0.4, 0.5) is 0 Å². The van der Waals surface area contributed by atoms with E-state index in [1.165, 1.54) is 0 Å². The van der Waals surface area contributed by atoms with Crippen molar-refractivity contribution in [3.63, 3.8) is 0 Å². The fraction of sp³-hybridized carbons (Fsp3) is 0.800. The molecule has 0 aliphatic carbocycles. The predicted octanol–water partition coefficient (Wildman–Crippen LogP) is -0.538. The summed E-state index contributed by atoms with van der Waals surface area (Å²) >= 11 is 0. The molecule has 0 saturated carbocycles. The van der Waals surface area contributed by atoms with Crippen LogP contribution in [-0.4, -0.2) is 41.9 Å². The van der Waals surface area contributed by atoms with E-state index in [1.54, 1.807) is 18.7 Å². The quantitative estimate of drug-likeness (QED) is 0.661. The van der Waals surface area contributed by atoms with Crippen LogP contribution in [-0.2, 0) is 9.59 Å². The maximum absolute atomic E-state index is 11.8. The molecule has 1 aliphatic rings. The Kier molecular flexibility index (Phi) is 3.68. The average Bonchev–Trinajstić information content (AvgIpc) is 2.18. The van der Waals surface area contributed by atoms with Crippen LogP contribution < -0.4 is 11.1 Å². The molecule has 0 aromatic rings. The fourth-order valence-corrected chi connectivity index (χ4v) is 1.72. The van der Waals surface area contributed by atoms with Gasteiger partial charge in [0, 0.05) is 19.5 Å². The van der Waals surface area contributed by atoms with Gasteiger partial charge in [0.05, 0.1) is 0 Å². The molecule has 3 N–H and O–H groups in total. The number of amides is 2. The van der Waals surface area contributed by atoms with Gasteiger partial charge in [-0.2, -0.15) is 0 Å². The minimum atomic E-state index is -0.732. The van der Waals surface area contributed by atoms with Crippen molar-refractivity contribution in [2.24, 2.45) is 5.73 Å². The highest BCUT2D eigenvalue weighted by atomic mass is 16.2. The van der Waals surface area contributed by atoms with E-state index in [-0.39, 0.29) is 11.8 Å². The van der Waals surface area contributed by atoms with Gasteiger partial charge in [-0.05, 0) is 26.8 Å². The normalized spacial score (nSPS) is 19.9. The molecule has 0 bridgehead atoms. The second-order valence-electron chi connectivity index (χ2n) is 4.25. The lowest BCUT2D eigenvalue weighted by molar-refractivity contribution is -0.149. The highest BCUT2D eigenvalue weighted by molar-refractivity contribution is 5.91. The largest absolute Gasteiger partial charge is 0.352 e. The Labute approximate surface area is 90.0 Å². The first-order chi connectivity index (χ1) is 7.00. The first kappa shape index (κ1) is 12.0. The topological polar surface area (TPSA) is 75.4 Å². The van der Waals surface area contributed by atoms with Gasteiger partial charge in [0.25, 0.3) is 0 Å². The van der Waals surface area contributed by atoms with Gasteiger partial charge >= 0.3 is 0 Å². The van der Waals surface area contributed by atoms with Crippen molar-refractivity contribution in [1.82, 2.24) is 10.2 Å². The first-order valence-electron chi connectivity index (χ1n) is 5.29. The molecule has 0 radical (unpaired) electrons. The number of carbonyl (C=O) groups is 2. The van der Waals surface area contributed by atoms with Gasteiger partial charge in [-0.15, -0.1) is 0 Å². The molecular weight excluding hydrogens is 194 g/mol. The van der Waals surface area contributed by atoms with Gasteiger partial charge in [0.2, 0.25) is 11.8 Å². The predicted molar refractivity (Wildman–Crippen MR) is 57.1 cm³/mol. The van der Waals surface area contributed by atoms with Gasteiger partial charge in [0.1, 0.15) is 5.54 Å². The van der Waals surface area contributed by atoms with Crippen LogP contribution in [0.3, 0.4) is 0 Å². The van der Waals surface area contributed by atoms with E-state index >= 15 is 0 Å². The van der Waals surface area contributed by atoms with E-state index in [9.17, 15) is 9.59 Å². The SMILES string of the molecule is CC1(C)C(=O)NCCN1C(=O)CCCN. The standard InChI is InChI=1S/C10H19N3O2/c1-10(2)9(15)12-6-7-13(10)8(14)4-3-5-11/h3-7,11H2,1-2H3,(H,12,15). The molecule has 1 fully saturated rings. The van der Waals surface area contributed by atoms with Crippen LogP contribution in [0.15, 0.2) is 0 Å². The summed E-state index contributed by atoms with van der Waals surface area (Å²) in [6.07, 6.45) is 1.10. The number of nitrogens with one attached hydrogen (secondary N) is 1. The summed E-state index contributed by atoms with van der Waals surface area (Å²) in [5.41, 5.74) is 4.62. The number of piperazine rings is 1. The Morgan fingerprint density at radius 1 is 1.60 bits per heavy atom. The van der Waals surface area contributed by atoms with Crippen LogP contribution in [0.5, 0.6) is 0 Å². The lowest BCUT2D eigenvalue weighted by atomic mass is 9.98. The number of rotatable bonds is 3. The fourth-order valence-electron chi connectivity index (χ4n) is 1.72. The molecule has 0 aromatic heterocycles. The van der Waals surface area contributed by atoms with E-state index in [2.05, 4.69) is 5.32 Å². The molecule has 0 atom stereocenters. The second kappa shape index (κ2) is 4.61. The van der Waals surface area contributed by atoms with Crippen molar-refractivity contribution < 1.29 is 9.59 Å². The van der Waals surface area contributed by atoms with Crippen LogP contribution in [0.2, 0.25) is 0 Å². The van der Waals surface area contributed by atoms with Gasteiger partial charge in [-0.25, -0.2) is 0 Å². The molecule has 86 valence electrons. The highest BCUT2D eigenvalue weighted by Crippen LogP contribution is 2.18. The molecule has 1 saturated heterocycles. The molecule has 5 nitrogen and oxygen atoms in total. The summed E-state index contributed by atoms with van der Waals surface area (Å²) in [6, 6.07) is 0. The monoisotopic (exact) mass is 213 g/mol. The summed E-state index contributed by atoms with van der Waals surface area (Å²) in [7, 11) is 0. The maximum Gasteiger partial charge on any atom is 0.245 e. The maximum atomic E-state index is 11.8. The number of nitrogens with zero attached hydrogens (tertiary/aromatic N) is 1. The summed E-state index contributed by atoms with van der Waals surface area (Å²) in [6.45, 7) is 5.16. The number of hydrogen-bond acceptors (Lipinski definition) is 3. The molecule has 15 heavy (non-hydrogen) atoms. The Morgan fingerprint density at radius 3 is 2.87 bits per heavy atom. The Hall–Kier alpha value is -1.10. The first-order valence-corrected chi connectivity index (χ1v) is 5.29. The molecule has 0 unspecified atom stereocenters. The number of nitrogens with two attached hydrogens (primary N) is 1. The summed E-state index contributed by atoms with van der Waals surface area (Å²) < 4.78 is 0. The molecule has 0 spiro atoms. The number of carbonyl (C=O) groups excluding carboxylic acids is 2. The summed E-state index contributed by atoms with van der Waals surface area (Å²) in [4.78, 5) is 25.0. The van der Waals surface area contributed by atoms with E-state index < -0.39 is 5.54 Å². The summed E-state index contributed by atoms with van der Waals surface area (Å²) in [5, 5.41) is 2.76. The molecule has 1 aliphatic heterocycles. The molecule has 0 aromatic carbocycles. The molecule has 1 heterocycles. The van der Waals surface area contributed by atoms with E-state index in [0.29, 0.717) is 32.5 Å². The van der Waals surface area contributed by atoms with Gasteiger partial charge in [-0.3, -0.25) is 9.59 Å². The smallest absolute Gasteiger partial charge is 0.245 e. The van der Waals surface area contributed by atoms with Gasteiger partial charge < -0.3 is 16.0 Å². The van der Waals surface area contributed by atoms with Crippen molar-refractivity contribution >= 4 is 11.8 Å². The second-order valence-corrected chi connectivity index (χ2v) is 4.25. The minimum absolute atomic E-state index is 0.0142. The molecular formula is C10H19N3O2.